The Balaban J connectivity index is 1.84. The predicted molar refractivity (Wildman–Crippen MR) is 86.3 cm³/mol. The summed E-state index contributed by atoms with van der Waals surface area (Å²) in [6.45, 7) is 6.59. The first-order valence-corrected chi connectivity index (χ1v) is 8.07. The summed E-state index contributed by atoms with van der Waals surface area (Å²) in [5.74, 6) is 0. The highest BCUT2D eigenvalue weighted by molar-refractivity contribution is 5.19. The Morgan fingerprint density at radius 2 is 1.90 bits per heavy atom. The topological polar surface area (TPSA) is 41.5 Å². The van der Waals surface area contributed by atoms with Crippen LogP contribution in [0.4, 0.5) is 0 Å². The average molecular weight is 291 g/mol. The van der Waals surface area contributed by atoms with Gasteiger partial charge in [0.1, 0.15) is 0 Å². The molecule has 2 rings (SSSR count). The lowest BCUT2D eigenvalue weighted by molar-refractivity contribution is -0.103. The van der Waals surface area contributed by atoms with E-state index >= 15 is 0 Å². The first-order chi connectivity index (χ1) is 9.98. The SMILES string of the molecule is CC(C)(C)OC1CC(NC(CCCO)c2ccccc2)C1. The Labute approximate surface area is 128 Å². The summed E-state index contributed by atoms with van der Waals surface area (Å²) in [6.07, 6.45) is 4.36. The fourth-order valence-electron chi connectivity index (χ4n) is 2.91. The zero-order valence-corrected chi connectivity index (χ0v) is 13.5. The number of benzene rings is 1. The molecule has 0 saturated heterocycles. The van der Waals surface area contributed by atoms with Gasteiger partial charge in [0.05, 0.1) is 11.7 Å². The Morgan fingerprint density at radius 3 is 2.48 bits per heavy atom. The molecule has 1 atom stereocenters. The summed E-state index contributed by atoms with van der Waals surface area (Å²) in [7, 11) is 0. The van der Waals surface area contributed by atoms with Crippen LogP contribution < -0.4 is 5.32 Å². The number of aliphatic hydroxyl groups is 1. The minimum Gasteiger partial charge on any atom is -0.396 e. The van der Waals surface area contributed by atoms with Crippen molar-refractivity contribution in [3.63, 3.8) is 0 Å². The van der Waals surface area contributed by atoms with E-state index in [-0.39, 0.29) is 12.2 Å². The lowest BCUT2D eigenvalue weighted by Gasteiger charge is -2.41. The van der Waals surface area contributed by atoms with E-state index in [0.717, 1.165) is 25.7 Å². The number of ether oxygens (including phenoxy) is 1. The molecule has 0 radical (unpaired) electrons. The van der Waals surface area contributed by atoms with Gasteiger partial charge in [-0.3, -0.25) is 0 Å². The standard InChI is InChI=1S/C18H29NO2/c1-18(2,3)21-16-12-15(13-16)19-17(10-7-11-20)14-8-5-4-6-9-14/h4-6,8-9,15-17,19-20H,7,10-13H2,1-3H3. The first-order valence-electron chi connectivity index (χ1n) is 8.07. The van der Waals surface area contributed by atoms with E-state index in [1.807, 2.05) is 6.07 Å². The molecule has 0 aromatic heterocycles. The molecule has 0 spiro atoms. The Kier molecular flexibility index (Phi) is 5.80. The van der Waals surface area contributed by atoms with Gasteiger partial charge in [-0.05, 0) is 52.0 Å². The number of aliphatic hydroxyl groups excluding tert-OH is 1. The lowest BCUT2D eigenvalue weighted by atomic mass is 9.87. The molecule has 1 aliphatic rings. The van der Waals surface area contributed by atoms with E-state index in [1.165, 1.54) is 5.56 Å². The normalized spacial score (nSPS) is 23.6. The summed E-state index contributed by atoms with van der Waals surface area (Å²) in [5, 5.41) is 12.8. The summed E-state index contributed by atoms with van der Waals surface area (Å²) in [4.78, 5) is 0. The highest BCUT2D eigenvalue weighted by atomic mass is 16.5. The molecule has 1 fully saturated rings. The largest absolute Gasteiger partial charge is 0.396 e. The van der Waals surface area contributed by atoms with Crippen molar-refractivity contribution in [3.8, 4) is 0 Å². The highest BCUT2D eigenvalue weighted by Gasteiger charge is 2.34. The predicted octanol–water partition coefficient (Wildman–Crippen LogP) is 3.44. The Morgan fingerprint density at radius 1 is 1.24 bits per heavy atom. The van der Waals surface area contributed by atoms with Crippen LogP contribution in [0.3, 0.4) is 0 Å². The molecule has 0 heterocycles. The minimum atomic E-state index is -0.0502. The minimum absolute atomic E-state index is 0.0502. The molecule has 1 aliphatic carbocycles. The van der Waals surface area contributed by atoms with Gasteiger partial charge in [-0.15, -0.1) is 0 Å². The van der Waals surface area contributed by atoms with Gasteiger partial charge in [0.25, 0.3) is 0 Å². The molecule has 2 N–H and O–H groups in total. The maximum atomic E-state index is 9.09. The quantitative estimate of drug-likeness (QED) is 0.808. The number of nitrogens with one attached hydrogen (secondary N) is 1. The third kappa shape index (κ3) is 5.42. The fraction of sp³-hybridized carbons (Fsp3) is 0.667. The highest BCUT2D eigenvalue weighted by Crippen LogP contribution is 2.30. The van der Waals surface area contributed by atoms with E-state index in [4.69, 9.17) is 9.84 Å². The van der Waals surface area contributed by atoms with Crippen molar-refractivity contribution >= 4 is 0 Å². The van der Waals surface area contributed by atoms with Crippen LogP contribution in [0.2, 0.25) is 0 Å². The van der Waals surface area contributed by atoms with Crippen LogP contribution in [-0.2, 0) is 4.74 Å². The van der Waals surface area contributed by atoms with E-state index in [2.05, 4.69) is 50.4 Å². The van der Waals surface area contributed by atoms with Crippen LogP contribution in [0.25, 0.3) is 0 Å². The Bertz CT molecular complexity index is 407. The van der Waals surface area contributed by atoms with Gasteiger partial charge in [0.15, 0.2) is 0 Å². The van der Waals surface area contributed by atoms with Crippen LogP contribution in [0, 0.1) is 0 Å². The second kappa shape index (κ2) is 7.39. The molecule has 3 heteroatoms. The zero-order chi connectivity index (χ0) is 15.3. The average Bonchev–Trinajstić information content (AvgIpc) is 2.40. The lowest BCUT2D eigenvalue weighted by Crippen LogP contribution is -2.48. The van der Waals surface area contributed by atoms with Crippen molar-refractivity contribution < 1.29 is 9.84 Å². The molecule has 3 nitrogen and oxygen atoms in total. The smallest absolute Gasteiger partial charge is 0.0612 e. The molecule has 118 valence electrons. The molecule has 1 unspecified atom stereocenters. The monoisotopic (exact) mass is 291 g/mol. The van der Waals surface area contributed by atoms with Gasteiger partial charge in [-0.2, -0.15) is 0 Å². The van der Waals surface area contributed by atoms with E-state index in [0.29, 0.717) is 18.2 Å². The molecule has 1 aromatic rings. The van der Waals surface area contributed by atoms with Crippen molar-refractivity contribution in [2.24, 2.45) is 0 Å². The van der Waals surface area contributed by atoms with Gasteiger partial charge < -0.3 is 15.2 Å². The molecular formula is C18H29NO2. The number of rotatable bonds is 7. The van der Waals surface area contributed by atoms with Crippen LogP contribution in [0.5, 0.6) is 0 Å². The maximum absolute atomic E-state index is 9.09. The van der Waals surface area contributed by atoms with Gasteiger partial charge in [-0.1, -0.05) is 30.3 Å². The van der Waals surface area contributed by atoms with Crippen LogP contribution in [-0.4, -0.2) is 29.5 Å². The van der Waals surface area contributed by atoms with Crippen LogP contribution in [0.15, 0.2) is 30.3 Å². The van der Waals surface area contributed by atoms with Crippen molar-refractivity contribution in [2.45, 2.75) is 70.2 Å². The van der Waals surface area contributed by atoms with Crippen molar-refractivity contribution in [2.75, 3.05) is 6.61 Å². The molecule has 0 aliphatic heterocycles. The fourth-order valence-corrected chi connectivity index (χ4v) is 2.91. The number of hydrogen-bond donors (Lipinski definition) is 2. The maximum Gasteiger partial charge on any atom is 0.0612 e. The summed E-state index contributed by atoms with van der Waals surface area (Å²) < 4.78 is 5.99. The second-order valence-corrected chi connectivity index (χ2v) is 7.02. The third-order valence-corrected chi connectivity index (χ3v) is 3.90. The third-order valence-electron chi connectivity index (χ3n) is 3.90. The molecular weight excluding hydrogens is 262 g/mol. The van der Waals surface area contributed by atoms with E-state index in [9.17, 15) is 0 Å². The van der Waals surface area contributed by atoms with Gasteiger partial charge >= 0.3 is 0 Å². The van der Waals surface area contributed by atoms with Gasteiger partial charge in [0.2, 0.25) is 0 Å². The van der Waals surface area contributed by atoms with Gasteiger partial charge in [0, 0.05) is 18.7 Å². The first kappa shape index (κ1) is 16.5. The van der Waals surface area contributed by atoms with Crippen LogP contribution >= 0.6 is 0 Å². The second-order valence-electron chi connectivity index (χ2n) is 7.02. The van der Waals surface area contributed by atoms with E-state index < -0.39 is 0 Å². The van der Waals surface area contributed by atoms with Crippen molar-refractivity contribution in [3.05, 3.63) is 35.9 Å². The summed E-state index contributed by atoms with van der Waals surface area (Å²) in [5.41, 5.74) is 1.26. The summed E-state index contributed by atoms with van der Waals surface area (Å²) in [6, 6.07) is 11.4. The molecule has 1 saturated carbocycles. The summed E-state index contributed by atoms with van der Waals surface area (Å²) >= 11 is 0. The molecule has 0 bridgehead atoms. The molecule has 0 amide bonds. The zero-order valence-electron chi connectivity index (χ0n) is 13.5. The van der Waals surface area contributed by atoms with Crippen LogP contribution in [0.1, 0.15) is 58.1 Å². The molecule has 1 aromatic carbocycles. The molecule has 21 heavy (non-hydrogen) atoms. The van der Waals surface area contributed by atoms with Gasteiger partial charge in [-0.25, -0.2) is 0 Å². The van der Waals surface area contributed by atoms with E-state index in [1.54, 1.807) is 0 Å². The van der Waals surface area contributed by atoms with Crippen molar-refractivity contribution in [1.82, 2.24) is 5.32 Å². The Hall–Kier alpha value is -0.900. The van der Waals surface area contributed by atoms with Crippen molar-refractivity contribution in [1.29, 1.82) is 0 Å². The number of hydrogen-bond acceptors (Lipinski definition) is 3.